The third-order valence-corrected chi connectivity index (χ3v) is 7.02. The summed E-state index contributed by atoms with van der Waals surface area (Å²) in [4.78, 5) is 2.54. The van der Waals surface area contributed by atoms with Crippen LogP contribution in [-0.4, -0.2) is 45.9 Å². The maximum absolute atomic E-state index is 9.81. The summed E-state index contributed by atoms with van der Waals surface area (Å²) in [6.45, 7) is 10.1. The van der Waals surface area contributed by atoms with Gasteiger partial charge in [0.2, 0.25) is 11.8 Å². The second-order valence-corrected chi connectivity index (χ2v) is 9.52. The van der Waals surface area contributed by atoms with Gasteiger partial charge >= 0.3 is 0 Å². The van der Waals surface area contributed by atoms with Crippen molar-refractivity contribution in [3.63, 3.8) is 0 Å². The Morgan fingerprint density at radius 2 is 1.87 bits per heavy atom. The highest BCUT2D eigenvalue weighted by molar-refractivity contribution is 5.51. The van der Waals surface area contributed by atoms with E-state index in [-0.39, 0.29) is 6.10 Å². The normalized spacial score (nSPS) is 26.2. The number of hydrogen-bond donors (Lipinski definition) is 1. The first kappa shape index (κ1) is 21.3. The number of benzene rings is 1. The highest BCUT2D eigenvalue weighted by Gasteiger charge is 2.34. The zero-order valence-electron chi connectivity index (χ0n) is 18.5. The molecule has 162 valence electrons. The maximum atomic E-state index is 9.81. The van der Waals surface area contributed by atoms with Crippen molar-refractivity contribution in [3.05, 3.63) is 47.9 Å². The van der Waals surface area contributed by atoms with E-state index < -0.39 is 0 Å². The fraction of sp³-hybridized carbons (Fsp3) is 0.600. The molecule has 2 heterocycles. The number of likely N-dealkylation sites (tertiary alicyclic amines) is 1. The average Bonchev–Trinajstić information content (AvgIpc) is 3.21. The van der Waals surface area contributed by atoms with Crippen LogP contribution in [0.5, 0.6) is 0 Å². The molecule has 5 nitrogen and oxygen atoms in total. The van der Waals surface area contributed by atoms with Gasteiger partial charge in [0.1, 0.15) is 0 Å². The van der Waals surface area contributed by atoms with Crippen molar-refractivity contribution in [2.45, 2.75) is 52.6 Å². The van der Waals surface area contributed by atoms with Crippen molar-refractivity contribution in [1.82, 2.24) is 15.1 Å². The fourth-order valence-electron chi connectivity index (χ4n) is 5.13. The summed E-state index contributed by atoms with van der Waals surface area (Å²) in [7, 11) is 0. The van der Waals surface area contributed by atoms with E-state index in [0.717, 1.165) is 50.4 Å². The molecule has 2 aromatic rings. The summed E-state index contributed by atoms with van der Waals surface area (Å²) in [6.07, 6.45) is 6.21. The van der Waals surface area contributed by atoms with Gasteiger partial charge in [-0.2, -0.15) is 0 Å². The molecule has 2 aliphatic rings. The molecule has 4 rings (SSSR count). The van der Waals surface area contributed by atoms with E-state index in [2.05, 4.69) is 41.9 Å². The summed E-state index contributed by atoms with van der Waals surface area (Å²) < 4.78 is 5.99. The summed E-state index contributed by atoms with van der Waals surface area (Å²) in [5.74, 6) is 3.67. The van der Waals surface area contributed by atoms with Crippen molar-refractivity contribution >= 4 is 0 Å². The van der Waals surface area contributed by atoms with Crippen LogP contribution in [0.15, 0.2) is 46.4 Å². The van der Waals surface area contributed by atoms with E-state index in [9.17, 15) is 5.11 Å². The highest BCUT2D eigenvalue weighted by Crippen LogP contribution is 2.39. The predicted molar refractivity (Wildman–Crippen MR) is 119 cm³/mol. The van der Waals surface area contributed by atoms with Crippen molar-refractivity contribution in [2.75, 3.05) is 19.6 Å². The summed E-state index contributed by atoms with van der Waals surface area (Å²) >= 11 is 0. The molecule has 1 N–H and O–H groups in total. The molecule has 1 aromatic heterocycles. The SMILES string of the molecule is CC1=C[C@@H](CN2CCC(O)CC2)[C@H](C(C)C)C[C@H]1Cc1nnc(-c2ccccc2)o1. The number of aromatic nitrogens is 2. The van der Waals surface area contributed by atoms with E-state index in [1.54, 1.807) is 0 Å². The molecule has 1 aliphatic carbocycles. The van der Waals surface area contributed by atoms with E-state index in [1.807, 2.05) is 30.3 Å². The number of nitrogens with zero attached hydrogens (tertiary/aromatic N) is 3. The van der Waals surface area contributed by atoms with Gasteiger partial charge in [-0.15, -0.1) is 10.2 Å². The van der Waals surface area contributed by atoms with Crippen LogP contribution in [-0.2, 0) is 6.42 Å². The third kappa shape index (κ3) is 5.01. The number of aliphatic hydroxyl groups is 1. The molecule has 0 radical (unpaired) electrons. The Morgan fingerprint density at radius 1 is 1.13 bits per heavy atom. The van der Waals surface area contributed by atoms with E-state index in [0.29, 0.717) is 29.6 Å². The van der Waals surface area contributed by atoms with Gasteiger partial charge in [0.15, 0.2) is 0 Å². The quantitative estimate of drug-likeness (QED) is 0.707. The van der Waals surface area contributed by atoms with Gasteiger partial charge in [-0.3, -0.25) is 0 Å². The molecule has 0 unspecified atom stereocenters. The summed E-state index contributed by atoms with van der Waals surface area (Å²) in [6, 6.07) is 9.98. The number of aliphatic hydroxyl groups excluding tert-OH is 1. The Bertz CT molecular complexity index is 837. The fourth-order valence-corrected chi connectivity index (χ4v) is 5.13. The standard InChI is InChI=1S/C25H35N3O2/c1-17(2)23-14-20(15-24-26-27-25(30-24)19-7-5-4-6-8-19)18(3)13-21(23)16-28-11-9-22(29)10-12-28/h4-8,13,17,20-23,29H,9-12,14-16H2,1-3H3/t20-,21-,23-/m0/s1. The van der Waals surface area contributed by atoms with Gasteiger partial charge < -0.3 is 14.4 Å². The van der Waals surface area contributed by atoms with Crippen LogP contribution in [0.1, 0.15) is 45.9 Å². The first-order chi connectivity index (χ1) is 14.5. The predicted octanol–water partition coefficient (Wildman–Crippen LogP) is 4.59. The molecule has 3 atom stereocenters. The molecular formula is C25H35N3O2. The lowest BCUT2D eigenvalue weighted by molar-refractivity contribution is 0.0670. The number of allylic oxidation sites excluding steroid dienone is 1. The molecule has 5 heteroatoms. The lowest BCUT2D eigenvalue weighted by Crippen LogP contribution is -2.42. The van der Waals surface area contributed by atoms with Crippen molar-refractivity contribution < 1.29 is 9.52 Å². The molecule has 1 fully saturated rings. The average molecular weight is 410 g/mol. The highest BCUT2D eigenvalue weighted by atomic mass is 16.4. The Balaban J connectivity index is 1.44. The van der Waals surface area contributed by atoms with E-state index >= 15 is 0 Å². The van der Waals surface area contributed by atoms with E-state index in [4.69, 9.17) is 4.42 Å². The Hall–Kier alpha value is -1.98. The summed E-state index contributed by atoms with van der Waals surface area (Å²) in [5.41, 5.74) is 2.42. The van der Waals surface area contributed by atoms with Gasteiger partial charge in [-0.25, -0.2) is 0 Å². The first-order valence-electron chi connectivity index (χ1n) is 11.5. The van der Waals surface area contributed by atoms with Crippen LogP contribution < -0.4 is 0 Å². The van der Waals surface area contributed by atoms with Crippen LogP contribution in [0.25, 0.3) is 11.5 Å². The number of piperidine rings is 1. The minimum absolute atomic E-state index is 0.106. The molecule has 30 heavy (non-hydrogen) atoms. The third-order valence-electron chi connectivity index (χ3n) is 7.02. The van der Waals surface area contributed by atoms with Crippen molar-refractivity contribution in [3.8, 4) is 11.5 Å². The minimum atomic E-state index is -0.106. The van der Waals surface area contributed by atoms with Gasteiger partial charge in [-0.1, -0.05) is 43.7 Å². The molecule has 1 aromatic carbocycles. The molecule has 0 spiro atoms. The first-order valence-corrected chi connectivity index (χ1v) is 11.5. The molecular weight excluding hydrogens is 374 g/mol. The van der Waals surface area contributed by atoms with Crippen LogP contribution in [0.3, 0.4) is 0 Å². The van der Waals surface area contributed by atoms with Gasteiger partial charge in [0.25, 0.3) is 0 Å². The smallest absolute Gasteiger partial charge is 0.247 e. The zero-order chi connectivity index (χ0) is 21.1. The maximum Gasteiger partial charge on any atom is 0.247 e. The second-order valence-electron chi connectivity index (χ2n) is 9.52. The monoisotopic (exact) mass is 409 g/mol. The molecule has 1 aliphatic heterocycles. The largest absolute Gasteiger partial charge is 0.421 e. The number of hydrogen-bond acceptors (Lipinski definition) is 5. The lowest BCUT2D eigenvalue weighted by atomic mass is 9.69. The molecule has 0 saturated carbocycles. The Morgan fingerprint density at radius 3 is 2.57 bits per heavy atom. The number of rotatable bonds is 6. The second kappa shape index (κ2) is 9.44. The minimum Gasteiger partial charge on any atom is -0.421 e. The lowest BCUT2D eigenvalue weighted by Gasteiger charge is -2.40. The molecule has 1 saturated heterocycles. The van der Waals surface area contributed by atoms with Crippen molar-refractivity contribution in [2.24, 2.45) is 23.7 Å². The molecule has 0 amide bonds. The van der Waals surface area contributed by atoms with Gasteiger partial charge in [0, 0.05) is 31.6 Å². The summed E-state index contributed by atoms with van der Waals surface area (Å²) in [5, 5.41) is 18.4. The van der Waals surface area contributed by atoms with Crippen LogP contribution in [0.2, 0.25) is 0 Å². The van der Waals surface area contributed by atoms with Crippen LogP contribution in [0.4, 0.5) is 0 Å². The Labute approximate surface area is 180 Å². The van der Waals surface area contributed by atoms with Gasteiger partial charge in [0.05, 0.1) is 6.10 Å². The van der Waals surface area contributed by atoms with E-state index in [1.165, 1.54) is 12.0 Å². The molecule has 0 bridgehead atoms. The zero-order valence-corrected chi connectivity index (χ0v) is 18.5. The van der Waals surface area contributed by atoms with Crippen LogP contribution in [0, 0.1) is 23.7 Å². The Kier molecular flexibility index (Phi) is 6.69. The van der Waals surface area contributed by atoms with Crippen LogP contribution >= 0.6 is 0 Å². The van der Waals surface area contributed by atoms with Gasteiger partial charge in [-0.05, 0) is 62.0 Å². The van der Waals surface area contributed by atoms with Crippen molar-refractivity contribution in [1.29, 1.82) is 0 Å². The topological polar surface area (TPSA) is 62.4 Å².